The van der Waals surface area contributed by atoms with Crippen LogP contribution in [0.2, 0.25) is 0 Å². The molecule has 0 aliphatic carbocycles. The molecule has 4 nitrogen and oxygen atoms in total. The van der Waals surface area contributed by atoms with Gasteiger partial charge < -0.3 is 15.2 Å². The number of aryl methyl sites for hydroxylation is 2. The molecular weight excluding hydrogens is 441 g/mol. The Kier molecular flexibility index (Phi) is 8.73. The molecule has 0 fully saturated rings. The Hall–Kier alpha value is -3.75. The fourth-order valence-corrected chi connectivity index (χ4v) is 8.17. The molecule has 0 atom stereocenters. The quantitative estimate of drug-likeness (QED) is 0.347. The van der Waals surface area contributed by atoms with Crippen LogP contribution in [0.4, 0.5) is 5.69 Å². The van der Waals surface area contributed by atoms with E-state index in [1.54, 1.807) is 0 Å². The highest BCUT2D eigenvalue weighted by Gasteiger charge is 2.47. The van der Waals surface area contributed by atoms with Gasteiger partial charge in [-0.1, -0.05) is 72.8 Å². The van der Waals surface area contributed by atoms with Gasteiger partial charge in [0.25, 0.3) is 5.91 Å². The molecule has 4 rings (SSSR count). The van der Waals surface area contributed by atoms with Crippen LogP contribution in [0, 0.1) is 13.8 Å². The highest BCUT2D eigenvalue weighted by atomic mass is 31.2. The Bertz CT molecular complexity index is 1100. The van der Waals surface area contributed by atoms with Crippen LogP contribution in [0.3, 0.4) is 0 Å². The third-order valence-electron chi connectivity index (χ3n) is 5.72. The fourth-order valence-electron chi connectivity index (χ4n) is 4.17. The summed E-state index contributed by atoms with van der Waals surface area (Å²) in [6.07, 6.45) is 0.415. The Balaban J connectivity index is 0.00000103. The Morgan fingerprint density at radius 3 is 1.41 bits per heavy atom. The van der Waals surface area contributed by atoms with E-state index in [9.17, 15) is 4.79 Å². The van der Waals surface area contributed by atoms with Gasteiger partial charge in [-0.15, -0.1) is 0 Å². The number of amides is 1. The van der Waals surface area contributed by atoms with Crippen molar-refractivity contribution in [3.8, 4) is 0 Å². The van der Waals surface area contributed by atoms with E-state index < -0.39 is 13.7 Å². The third kappa shape index (κ3) is 5.59. The molecule has 0 aliphatic heterocycles. The van der Waals surface area contributed by atoms with Crippen LogP contribution in [0.25, 0.3) is 0 Å². The monoisotopic (exact) mass is 469 g/mol. The summed E-state index contributed by atoms with van der Waals surface area (Å²) in [5, 5.41) is 15.1. The average Bonchev–Trinajstić information content (AvgIpc) is 2.87. The molecule has 0 spiro atoms. The summed E-state index contributed by atoms with van der Waals surface area (Å²) in [5.41, 5.74) is 3.08. The van der Waals surface area contributed by atoms with Crippen molar-refractivity contribution in [2.45, 2.75) is 13.8 Å². The second-order valence-electron chi connectivity index (χ2n) is 7.89. The van der Waals surface area contributed by atoms with Gasteiger partial charge in [0, 0.05) is 12.2 Å². The maximum Gasteiger partial charge on any atom is 0.263 e. The summed E-state index contributed by atoms with van der Waals surface area (Å²) in [6, 6.07) is 37.6. The van der Waals surface area contributed by atoms with Crippen molar-refractivity contribution >= 4 is 41.2 Å². The smallest absolute Gasteiger partial charge is 0.263 e. The van der Waals surface area contributed by atoms with Crippen molar-refractivity contribution in [3.63, 3.8) is 0 Å². The van der Waals surface area contributed by atoms with Crippen LogP contribution in [-0.2, 0) is 9.59 Å². The molecule has 1 N–H and O–H groups in total. The summed E-state index contributed by atoms with van der Waals surface area (Å²) >= 11 is 0. The number of anilines is 1. The molecule has 4 aromatic carbocycles. The van der Waals surface area contributed by atoms with E-state index in [-0.39, 0.29) is 5.91 Å². The number of nitrogens with one attached hydrogen (secondary N) is 1. The minimum atomic E-state index is -2.19. The van der Waals surface area contributed by atoms with Crippen LogP contribution >= 0.6 is 7.26 Å². The molecule has 0 bridgehead atoms. The zero-order valence-electron chi connectivity index (χ0n) is 19.3. The number of para-hydroxylation sites is 1. The lowest BCUT2D eigenvalue weighted by molar-refractivity contribution is -0.283. The summed E-state index contributed by atoms with van der Waals surface area (Å²) in [6.45, 7) is 3.58. The van der Waals surface area contributed by atoms with Gasteiger partial charge in [-0.3, -0.25) is 4.79 Å². The van der Waals surface area contributed by atoms with E-state index in [0.717, 1.165) is 16.8 Å². The number of benzene rings is 4. The van der Waals surface area contributed by atoms with Crippen molar-refractivity contribution < 1.29 is 14.7 Å². The van der Waals surface area contributed by atoms with Crippen LogP contribution in [-0.4, -0.2) is 18.5 Å². The maximum absolute atomic E-state index is 13.6. The van der Waals surface area contributed by atoms with E-state index in [1.165, 1.54) is 15.9 Å². The standard InChI is InChI=1S/C28H26NOP.CH2O2/c1-22-13-12-14-23(2)28(22)29-27(30)21-31(24-15-6-3-7-16-24,25-17-8-4-9-18-25)26-19-10-5-11-20-26;2-1-3/h3-20H,21H2,1-2H3;1H,(H,2,3). The molecule has 0 saturated heterocycles. The van der Waals surface area contributed by atoms with Crippen molar-refractivity contribution in [3.05, 3.63) is 120 Å². The lowest BCUT2D eigenvalue weighted by Crippen LogP contribution is -2.37. The normalized spacial score (nSPS) is 10.5. The molecule has 1 amide bonds. The second kappa shape index (κ2) is 11.9. The Morgan fingerprint density at radius 1 is 0.706 bits per heavy atom. The summed E-state index contributed by atoms with van der Waals surface area (Å²) in [5.74, 6) is 0.0438. The topological polar surface area (TPSA) is 69.2 Å². The molecule has 5 heteroatoms. The van der Waals surface area contributed by atoms with Gasteiger partial charge in [-0.05, 0) is 61.4 Å². The van der Waals surface area contributed by atoms with E-state index in [4.69, 9.17) is 9.90 Å². The molecule has 172 valence electrons. The SMILES string of the molecule is Cc1cccc(C)c1NC(=O)C[P+](c1ccccc1)(c1ccccc1)c1ccccc1.O=C[O-]. The minimum Gasteiger partial charge on any atom is -0.554 e. The van der Waals surface area contributed by atoms with Gasteiger partial charge in [-0.25, -0.2) is 0 Å². The summed E-state index contributed by atoms with van der Waals surface area (Å²) < 4.78 is 0. The zero-order chi connectivity index (χ0) is 24.4. The molecule has 0 saturated carbocycles. The van der Waals surface area contributed by atoms with E-state index in [1.807, 2.05) is 50.2 Å². The van der Waals surface area contributed by atoms with E-state index in [0.29, 0.717) is 6.16 Å². The first-order valence-electron chi connectivity index (χ1n) is 11.0. The van der Waals surface area contributed by atoms with Crippen LogP contribution < -0.4 is 26.3 Å². The third-order valence-corrected chi connectivity index (χ3v) is 10.0. The molecular formula is C29H28NO3P. The number of rotatable bonds is 6. The van der Waals surface area contributed by atoms with Gasteiger partial charge in [0.2, 0.25) is 0 Å². The average molecular weight is 470 g/mol. The number of hydrogen-bond acceptors (Lipinski definition) is 3. The van der Waals surface area contributed by atoms with Gasteiger partial charge in [0.15, 0.2) is 6.16 Å². The zero-order valence-corrected chi connectivity index (χ0v) is 20.2. The lowest BCUT2D eigenvalue weighted by Gasteiger charge is -2.27. The highest BCUT2D eigenvalue weighted by Crippen LogP contribution is 2.55. The molecule has 4 aromatic rings. The number of carbonyl (C=O) groups excluding carboxylic acids is 2. The largest absolute Gasteiger partial charge is 0.554 e. The van der Waals surface area contributed by atoms with Crippen molar-refractivity contribution in [2.24, 2.45) is 0 Å². The van der Waals surface area contributed by atoms with Crippen molar-refractivity contribution in [1.82, 2.24) is 0 Å². The molecule has 0 heterocycles. The van der Waals surface area contributed by atoms with Gasteiger partial charge in [0.05, 0.1) is 0 Å². The van der Waals surface area contributed by atoms with Crippen LogP contribution in [0.15, 0.2) is 109 Å². The second-order valence-corrected chi connectivity index (χ2v) is 11.4. The predicted molar refractivity (Wildman–Crippen MR) is 141 cm³/mol. The molecule has 0 radical (unpaired) electrons. The van der Waals surface area contributed by atoms with Gasteiger partial charge in [-0.2, -0.15) is 0 Å². The molecule has 0 aliphatic rings. The van der Waals surface area contributed by atoms with E-state index in [2.05, 4.69) is 78.1 Å². The van der Waals surface area contributed by atoms with Gasteiger partial charge in [0.1, 0.15) is 23.2 Å². The van der Waals surface area contributed by atoms with Crippen molar-refractivity contribution in [2.75, 3.05) is 11.5 Å². The summed E-state index contributed by atoms with van der Waals surface area (Å²) in [7, 11) is -2.19. The van der Waals surface area contributed by atoms with Crippen LogP contribution in [0.1, 0.15) is 11.1 Å². The number of hydrogen-bond donors (Lipinski definition) is 1. The minimum absolute atomic E-state index is 0.0438. The first-order chi connectivity index (χ1) is 16.5. The molecule has 34 heavy (non-hydrogen) atoms. The Morgan fingerprint density at radius 2 is 1.06 bits per heavy atom. The lowest BCUT2D eigenvalue weighted by atomic mass is 10.1. The van der Waals surface area contributed by atoms with Crippen molar-refractivity contribution in [1.29, 1.82) is 0 Å². The molecule has 0 unspecified atom stereocenters. The highest BCUT2D eigenvalue weighted by molar-refractivity contribution is 7.96. The van der Waals surface area contributed by atoms with E-state index >= 15 is 0 Å². The number of carboxylic acid groups (broad SMARTS) is 1. The maximum atomic E-state index is 13.6. The predicted octanol–water partition coefficient (Wildman–Crippen LogP) is 3.60. The fraction of sp³-hybridized carbons (Fsp3) is 0.103. The van der Waals surface area contributed by atoms with Crippen LogP contribution in [0.5, 0.6) is 0 Å². The Labute approximate surface area is 201 Å². The first-order valence-corrected chi connectivity index (χ1v) is 13.0. The first kappa shape index (κ1) is 24.9. The molecule has 0 aromatic heterocycles. The summed E-state index contributed by atoms with van der Waals surface area (Å²) in [4.78, 5) is 21.8. The van der Waals surface area contributed by atoms with Gasteiger partial charge >= 0.3 is 0 Å². The number of carbonyl (C=O) groups is 2.